The number of nitrogens with zero attached hydrogens (tertiary/aromatic N) is 3. The Hall–Kier alpha value is 0.390. The van der Waals surface area contributed by atoms with Gasteiger partial charge in [-0.3, -0.25) is 0 Å². The van der Waals surface area contributed by atoms with E-state index in [1.165, 1.54) is 0 Å². The summed E-state index contributed by atoms with van der Waals surface area (Å²) in [6.45, 7) is 0. The first-order chi connectivity index (χ1) is 4.85. The summed E-state index contributed by atoms with van der Waals surface area (Å²) >= 11 is -2.01. The van der Waals surface area contributed by atoms with E-state index in [1.807, 2.05) is 16.2 Å². The maximum atomic E-state index is 8.20. The summed E-state index contributed by atoms with van der Waals surface area (Å²) in [6, 6.07) is 0. The van der Waals surface area contributed by atoms with E-state index in [1.54, 1.807) is 0 Å². The van der Waals surface area contributed by atoms with Gasteiger partial charge in [0.05, 0.1) is 0 Å². The summed E-state index contributed by atoms with van der Waals surface area (Å²) < 4.78 is 0. The van der Waals surface area contributed by atoms with Gasteiger partial charge in [-0.25, -0.2) is 0 Å². The standard InChI is InChI=1S/3CHNS.Sc/c3*2-1-3;/h3*3H;/q;;;+3/p-3. The number of hydrogen-bond acceptors (Lipinski definition) is 6. The molecule has 0 fully saturated rings. The van der Waals surface area contributed by atoms with Crippen LogP contribution in [0.25, 0.3) is 0 Å². The maximum absolute atomic E-state index is 8.20. The molecular weight excluding hydrogens is 219 g/mol. The molecule has 0 unspecified atom stereocenters. The average molecular weight is 219 g/mol. The fraction of sp³-hybridized carbons (Fsp3) is 0. The van der Waals surface area contributed by atoms with Crippen LogP contribution in [0, 0.1) is 32.0 Å². The number of hydrogen-bond donors (Lipinski definition) is 0. The van der Waals surface area contributed by atoms with Gasteiger partial charge in [0.1, 0.15) is 0 Å². The van der Waals surface area contributed by atoms with Gasteiger partial charge < -0.3 is 0 Å². The topological polar surface area (TPSA) is 71.4 Å². The zero-order valence-electron chi connectivity index (χ0n) is 4.64. The molecule has 0 aliphatic rings. The second kappa shape index (κ2) is 7.50. The van der Waals surface area contributed by atoms with Crippen molar-refractivity contribution in [2.45, 2.75) is 0 Å². The summed E-state index contributed by atoms with van der Waals surface area (Å²) in [5.74, 6) is 0. The molecule has 10 heavy (non-hydrogen) atoms. The van der Waals surface area contributed by atoms with Gasteiger partial charge in [-0.15, -0.1) is 0 Å². The monoisotopic (exact) mass is 219 g/mol. The van der Waals surface area contributed by atoms with Crippen molar-refractivity contribution in [3.05, 3.63) is 0 Å². The molecule has 0 rings (SSSR count). The van der Waals surface area contributed by atoms with Crippen LogP contribution >= 0.6 is 25.8 Å². The summed E-state index contributed by atoms with van der Waals surface area (Å²) in [4.78, 5) is 0. The zero-order chi connectivity index (χ0) is 7.82. The fourth-order valence-corrected chi connectivity index (χ4v) is 7.47. The number of nitriles is 3. The van der Waals surface area contributed by atoms with Crippen molar-refractivity contribution < 1.29 is 17.1 Å². The summed E-state index contributed by atoms with van der Waals surface area (Å²) in [5.41, 5.74) is 0. The molecule has 0 amide bonds. The van der Waals surface area contributed by atoms with Crippen molar-refractivity contribution >= 4 is 25.8 Å². The van der Waals surface area contributed by atoms with Crippen LogP contribution in [0.4, 0.5) is 0 Å². The molecule has 0 saturated carbocycles. The fourth-order valence-electron chi connectivity index (χ4n) is 0.201. The SMILES string of the molecule is N#C[S][Sc]([S]C#N)[S]C#N. The molecular formula is C3N3S3Sc. The Balaban J connectivity index is 3.68. The van der Waals surface area contributed by atoms with Gasteiger partial charge in [-0.1, -0.05) is 0 Å². The summed E-state index contributed by atoms with van der Waals surface area (Å²) in [7, 11) is 3.30. The van der Waals surface area contributed by atoms with E-state index >= 15 is 0 Å². The second-order valence-electron chi connectivity index (χ2n) is 0.916. The van der Waals surface area contributed by atoms with Gasteiger partial charge in [0.15, 0.2) is 0 Å². The van der Waals surface area contributed by atoms with Gasteiger partial charge in [0.2, 0.25) is 0 Å². The average Bonchev–Trinajstić information content (AvgIpc) is 1.90. The van der Waals surface area contributed by atoms with E-state index in [-0.39, 0.29) is 0 Å². The van der Waals surface area contributed by atoms with Crippen LogP contribution in [0.15, 0.2) is 0 Å². The third kappa shape index (κ3) is 5.20. The number of rotatable bonds is 3. The van der Waals surface area contributed by atoms with Crippen LogP contribution < -0.4 is 0 Å². The van der Waals surface area contributed by atoms with Crippen molar-refractivity contribution in [1.29, 1.82) is 15.8 Å². The van der Waals surface area contributed by atoms with Crippen LogP contribution in [-0.4, -0.2) is 0 Å². The predicted molar refractivity (Wildman–Crippen MR) is 39.6 cm³/mol. The molecule has 0 aromatic carbocycles. The van der Waals surface area contributed by atoms with Gasteiger partial charge in [-0.05, 0) is 0 Å². The van der Waals surface area contributed by atoms with Crippen LogP contribution in [-0.2, 0) is 17.1 Å². The normalized spacial score (nSPS) is 6.90. The first-order valence-electron chi connectivity index (χ1n) is 1.99. The van der Waals surface area contributed by atoms with Crippen molar-refractivity contribution in [3.8, 4) is 16.2 Å². The van der Waals surface area contributed by atoms with E-state index in [0.717, 1.165) is 25.8 Å². The van der Waals surface area contributed by atoms with E-state index in [9.17, 15) is 0 Å². The van der Waals surface area contributed by atoms with Crippen molar-refractivity contribution in [3.63, 3.8) is 0 Å². The quantitative estimate of drug-likeness (QED) is 0.676. The second-order valence-corrected chi connectivity index (χ2v) is 15.9. The molecule has 48 valence electrons. The molecule has 0 atom stereocenters. The Morgan fingerprint density at radius 3 is 1.30 bits per heavy atom. The van der Waals surface area contributed by atoms with E-state index in [2.05, 4.69) is 0 Å². The van der Waals surface area contributed by atoms with Crippen molar-refractivity contribution in [2.24, 2.45) is 0 Å². The molecule has 0 saturated heterocycles. The van der Waals surface area contributed by atoms with Crippen LogP contribution in [0.1, 0.15) is 0 Å². The van der Waals surface area contributed by atoms with Gasteiger partial charge >= 0.3 is 74.8 Å². The third-order valence-electron chi connectivity index (χ3n) is 0.447. The first kappa shape index (κ1) is 10.4. The van der Waals surface area contributed by atoms with Crippen LogP contribution in [0.3, 0.4) is 0 Å². The molecule has 0 spiro atoms. The first-order valence-corrected chi connectivity index (χ1v) is 11.3. The van der Waals surface area contributed by atoms with E-state index in [4.69, 9.17) is 15.8 Å². The minimum atomic E-state index is -2.01. The molecule has 3 nitrogen and oxygen atoms in total. The Kier molecular flexibility index (Phi) is 7.79. The molecule has 0 N–H and O–H groups in total. The van der Waals surface area contributed by atoms with Crippen LogP contribution in [0.2, 0.25) is 0 Å². The minimum absolute atomic E-state index is 1.10. The predicted octanol–water partition coefficient (Wildman–Crippen LogP) is 1.99. The number of thiocyanates is 3. The van der Waals surface area contributed by atoms with Crippen LogP contribution in [0.5, 0.6) is 0 Å². The van der Waals surface area contributed by atoms with Crippen molar-refractivity contribution in [1.82, 2.24) is 0 Å². The molecule has 7 heteroatoms. The molecule has 0 aromatic rings. The van der Waals surface area contributed by atoms with E-state index < -0.39 is 17.1 Å². The Bertz CT molecular complexity index is 172. The zero-order valence-corrected chi connectivity index (χ0v) is 8.90. The molecule has 0 radical (unpaired) electrons. The van der Waals surface area contributed by atoms with Crippen molar-refractivity contribution in [2.75, 3.05) is 0 Å². The van der Waals surface area contributed by atoms with Gasteiger partial charge in [0, 0.05) is 0 Å². The molecule has 0 heterocycles. The Morgan fingerprint density at radius 1 is 0.800 bits per heavy atom. The summed E-state index contributed by atoms with van der Waals surface area (Å²) in [5, 5.41) is 30.3. The molecule has 0 aliphatic carbocycles. The van der Waals surface area contributed by atoms with Gasteiger partial charge in [-0.2, -0.15) is 0 Å². The van der Waals surface area contributed by atoms with Gasteiger partial charge in [0.25, 0.3) is 0 Å². The van der Waals surface area contributed by atoms with E-state index in [0.29, 0.717) is 0 Å². The Morgan fingerprint density at radius 2 is 1.10 bits per heavy atom. The molecule has 0 aliphatic heterocycles. The molecule has 0 bridgehead atoms. The molecule has 0 aromatic heterocycles. The third-order valence-corrected chi connectivity index (χ3v) is 12.7. The Labute approximate surface area is 74.1 Å². The summed E-state index contributed by atoms with van der Waals surface area (Å²) in [6.07, 6.45) is 0.